The topological polar surface area (TPSA) is 26.3 Å². The third kappa shape index (κ3) is 4.70. The van der Waals surface area contributed by atoms with E-state index in [9.17, 15) is 4.79 Å². The Kier molecular flexibility index (Phi) is 7.25. The molecule has 4 heteroatoms. The summed E-state index contributed by atoms with van der Waals surface area (Å²) in [6.07, 6.45) is 3.34. The number of carbonyl (C=O) groups excluding carboxylic acids is 1. The Bertz CT molecular complexity index is 548. The number of aryl methyl sites for hydroxylation is 2. The molecule has 0 aliphatic heterocycles. The van der Waals surface area contributed by atoms with Crippen LogP contribution in [0.4, 0.5) is 0 Å². The minimum atomic E-state index is -1.86. The minimum absolute atomic E-state index is 0.0503. The summed E-state index contributed by atoms with van der Waals surface area (Å²) < 4.78 is 6.57. The highest BCUT2D eigenvalue weighted by Crippen LogP contribution is 2.50. The van der Waals surface area contributed by atoms with Crippen LogP contribution in [0.1, 0.15) is 57.0 Å². The monoisotopic (exact) mass is 366 g/mol. The molecule has 0 saturated carbocycles. The fraction of sp³-hybridized carbons (Fsp3) is 0.650. The maximum absolute atomic E-state index is 11.7. The van der Waals surface area contributed by atoms with Gasteiger partial charge in [-0.05, 0) is 61.0 Å². The van der Waals surface area contributed by atoms with Crippen molar-refractivity contribution in [3.8, 4) is 5.75 Å². The molecule has 0 heterocycles. The summed E-state index contributed by atoms with van der Waals surface area (Å²) in [6.45, 7) is 20.0. The van der Waals surface area contributed by atoms with Gasteiger partial charge in [0.2, 0.25) is 0 Å². The average molecular weight is 367 g/mol. The van der Waals surface area contributed by atoms with Crippen LogP contribution in [0.15, 0.2) is 12.1 Å². The van der Waals surface area contributed by atoms with Crippen molar-refractivity contribution < 1.29 is 9.22 Å². The Balaban J connectivity index is 3.25. The summed E-state index contributed by atoms with van der Waals surface area (Å²) in [4.78, 5) is 11.7. The van der Waals surface area contributed by atoms with Gasteiger partial charge in [0.25, 0.3) is 8.32 Å². The third-order valence-electron chi connectivity index (χ3n) is 5.32. The molecule has 0 saturated heterocycles. The Morgan fingerprint density at radius 1 is 1.12 bits per heavy atom. The second-order valence-electron chi connectivity index (χ2n) is 8.15. The number of rotatable bonds is 7. The molecule has 1 atom stereocenters. The fourth-order valence-corrected chi connectivity index (χ4v) is 5.83. The summed E-state index contributed by atoms with van der Waals surface area (Å²) >= 11 is 0. The number of benzene rings is 1. The first-order valence-electron chi connectivity index (χ1n) is 8.98. The number of aldehydes is 1. The molecule has 0 spiro atoms. The Morgan fingerprint density at radius 2 is 1.58 bits per heavy atom. The third-order valence-corrected chi connectivity index (χ3v) is 12.5. The first-order chi connectivity index (χ1) is 11.0. The van der Waals surface area contributed by atoms with Crippen molar-refractivity contribution in [3.05, 3.63) is 28.8 Å². The summed E-state index contributed by atoms with van der Waals surface area (Å²) in [5.41, 5.74) is 3.53. The van der Waals surface area contributed by atoms with Crippen molar-refractivity contribution in [2.45, 2.75) is 72.3 Å². The van der Waals surface area contributed by atoms with E-state index in [1.165, 1.54) is 0 Å². The van der Waals surface area contributed by atoms with Crippen LogP contribution >= 0.6 is 7.92 Å². The van der Waals surface area contributed by atoms with Crippen molar-refractivity contribution in [3.63, 3.8) is 0 Å². The molecular weight excluding hydrogens is 331 g/mol. The molecule has 1 unspecified atom stereocenters. The molecule has 0 aliphatic rings. The molecule has 1 aromatic rings. The highest BCUT2D eigenvalue weighted by molar-refractivity contribution is 7.58. The predicted molar refractivity (Wildman–Crippen MR) is 111 cm³/mol. The van der Waals surface area contributed by atoms with E-state index in [0.717, 1.165) is 41.0 Å². The molecule has 0 bridgehead atoms. The van der Waals surface area contributed by atoms with Crippen LogP contribution in [-0.4, -0.2) is 26.9 Å². The summed E-state index contributed by atoms with van der Waals surface area (Å²) in [5, 5.41) is 0.175. The van der Waals surface area contributed by atoms with Crippen molar-refractivity contribution in [1.82, 2.24) is 0 Å². The zero-order valence-electron chi connectivity index (χ0n) is 17.0. The zero-order valence-corrected chi connectivity index (χ0v) is 18.9. The predicted octanol–water partition coefficient (Wildman–Crippen LogP) is 6.45. The molecule has 0 aliphatic carbocycles. The quantitative estimate of drug-likeness (QED) is 0.315. The Morgan fingerprint density at radius 3 is 1.92 bits per heavy atom. The molecule has 1 rings (SSSR count). The summed E-state index contributed by atoms with van der Waals surface area (Å²) in [5.74, 6) is 1.02. The van der Waals surface area contributed by atoms with Crippen molar-refractivity contribution in [1.29, 1.82) is 0 Å². The standard InChI is InChI=1S/C20H35O2PSi/c1-10-23(11-2)18(14-21)17-12-15(3)19(16(4)13-17)22-24(8,9)20(5,6)7/h12-14,18H,10-11H2,1-9H3. The van der Waals surface area contributed by atoms with Gasteiger partial charge in [-0.2, -0.15) is 0 Å². The Labute approximate surface area is 151 Å². The molecule has 0 radical (unpaired) electrons. The fourth-order valence-electron chi connectivity index (χ4n) is 2.72. The van der Waals surface area contributed by atoms with Crippen LogP contribution in [-0.2, 0) is 4.79 Å². The first kappa shape index (κ1) is 21.4. The lowest BCUT2D eigenvalue weighted by molar-refractivity contribution is -0.107. The van der Waals surface area contributed by atoms with Crippen LogP contribution in [0.5, 0.6) is 5.75 Å². The van der Waals surface area contributed by atoms with Crippen LogP contribution in [0.3, 0.4) is 0 Å². The molecule has 0 aromatic heterocycles. The van der Waals surface area contributed by atoms with E-state index in [1.807, 2.05) is 0 Å². The molecule has 0 fully saturated rings. The normalized spacial score (nSPS) is 13.9. The maximum Gasteiger partial charge on any atom is 0.250 e. The van der Waals surface area contributed by atoms with E-state index in [1.54, 1.807) is 0 Å². The van der Waals surface area contributed by atoms with E-state index < -0.39 is 8.32 Å². The highest BCUT2D eigenvalue weighted by atomic mass is 31.1. The van der Waals surface area contributed by atoms with Gasteiger partial charge in [-0.3, -0.25) is 0 Å². The van der Waals surface area contributed by atoms with E-state index in [-0.39, 0.29) is 18.6 Å². The van der Waals surface area contributed by atoms with E-state index in [4.69, 9.17) is 4.43 Å². The molecule has 136 valence electrons. The van der Waals surface area contributed by atoms with E-state index >= 15 is 0 Å². The van der Waals surface area contributed by atoms with Crippen molar-refractivity contribution >= 4 is 22.5 Å². The second kappa shape index (κ2) is 8.14. The number of hydrogen-bond acceptors (Lipinski definition) is 2. The summed E-state index contributed by atoms with van der Waals surface area (Å²) in [7, 11) is -2.14. The minimum Gasteiger partial charge on any atom is -0.543 e. The van der Waals surface area contributed by atoms with Crippen LogP contribution in [0.25, 0.3) is 0 Å². The van der Waals surface area contributed by atoms with Gasteiger partial charge in [-0.25, -0.2) is 0 Å². The van der Waals surface area contributed by atoms with Crippen molar-refractivity contribution in [2.24, 2.45) is 0 Å². The Hall–Kier alpha value is -0.663. The van der Waals surface area contributed by atoms with Gasteiger partial charge in [-0.1, -0.05) is 54.7 Å². The molecule has 0 N–H and O–H groups in total. The van der Waals surface area contributed by atoms with E-state index in [0.29, 0.717) is 0 Å². The maximum atomic E-state index is 11.7. The first-order valence-corrected chi connectivity index (χ1v) is 13.7. The van der Waals surface area contributed by atoms with Gasteiger partial charge in [0.05, 0.1) is 5.66 Å². The summed E-state index contributed by atoms with van der Waals surface area (Å²) in [6, 6.07) is 4.35. The lowest BCUT2D eigenvalue weighted by Gasteiger charge is -2.37. The van der Waals surface area contributed by atoms with Gasteiger partial charge >= 0.3 is 0 Å². The number of hydrogen-bond donors (Lipinski definition) is 0. The van der Waals surface area contributed by atoms with Gasteiger partial charge < -0.3 is 9.22 Å². The van der Waals surface area contributed by atoms with Crippen LogP contribution in [0, 0.1) is 13.8 Å². The zero-order chi connectivity index (χ0) is 18.7. The van der Waals surface area contributed by atoms with Crippen molar-refractivity contribution in [2.75, 3.05) is 12.3 Å². The lowest BCUT2D eigenvalue weighted by atomic mass is 10.0. The molecule has 2 nitrogen and oxygen atoms in total. The highest BCUT2D eigenvalue weighted by Gasteiger charge is 2.39. The SMILES string of the molecule is CCP(CC)C(C=O)c1cc(C)c(O[Si](C)(C)C(C)(C)C)c(C)c1. The smallest absolute Gasteiger partial charge is 0.250 e. The van der Waals surface area contributed by atoms with Gasteiger partial charge in [0.15, 0.2) is 0 Å². The molecule has 0 amide bonds. The van der Waals surface area contributed by atoms with Gasteiger partial charge in [-0.15, -0.1) is 0 Å². The second-order valence-corrected chi connectivity index (χ2v) is 15.9. The van der Waals surface area contributed by atoms with Gasteiger partial charge in [0, 0.05) is 0 Å². The largest absolute Gasteiger partial charge is 0.543 e. The molecule has 1 aromatic carbocycles. The number of carbonyl (C=O) groups is 1. The van der Waals surface area contributed by atoms with Crippen LogP contribution < -0.4 is 4.43 Å². The average Bonchev–Trinajstić information content (AvgIpc) is 2.47. The van der Waals surface area contributed by atoms with Crippen LogP contribution in [0.2, 0.25) is 18.1 Å². The lowest BCUT2D eigenvalue weighted by Crippen LogP contribution is -2.44. The molecular formula is C20H35O2PSi. The van der Waals surface area contributed by atoms with E-state index in [2.05, 4.69) is 73.7 Å². The van der Waals surface area contributed by atoms with Gasteiger partial charge in [0.1, 0.15) is 12.0 Å². The molecule has 24 heavy (non-hydrogen) atoms.